The van der Waals surface area contributed by atoms with Crippen molar-refractivity contribution in [3.8, 4) is 79.2 Å². The minimum absolute atomic E-state index is 0.164. The Morgan fingerprint density at radius 1 is 0.295 bits per heavy atom. The van der Waals surface area contributed by atoms with Crippen LogP contribution in [0.3, 0.4) is 0 Å². The molecule has 0 saturated carbocycles. The Morgan fingerprint density at radius 2 is 0.712 bits per heavy atom. The second-order valence-corrected chi connectivity index (χ2v) is 42.2. The third kappa shape index (κ3) is 17.7. The van der Waals surface area contributed by atoms with Crippen LogP contribution < -0.4 is 79.6 Å². The van der Waals surface area contributed by atoms with Crippen LogP contribution in [0.1, 0.15) is 52.9 Å². The van der Waals surface area contributed by atoms with E-state index in [0.717, 1.165) is 56.3 Å². The van der Waals surface area contributed by atoms with Gasteiger partial charge in [0.2, 0.25) is 28.7 Å². The molecule has 6 aromatic carbocycles. The molecule has 139 heavy (non-hydrogen) atoms. The number of benzene rings is 6. The molecule has 19 nitrogen and oxygen atoms in total. The van der Waals surface area contributed by atoms with Crippen LogP contribution in [-0.4, -0.2) is 102 Å². The monoisotopic (exact) mass is 2000 g/mol. The Kier molecular flexibility index (Phi) is 26.6. The molecule has 0 spiro atoms. The second kappa shape index (κ2) is 39.5. The zero-order valence-corrected chi connectivity index (χ0v) is 86.9. The molecule has 0 saturated heterocycles. The number of rotatable bonds is 6. The van der Waals surface area contributed by atoms with Gasteiger partial charge in [-0.3, -0.25) is 4.98 Å². The van der Waals surface area contributed by atoms with Gasteiger partial charge in [-0.05, 0) is 154 Å². The van der Waals surface area contributed by atoms with Gasteiger partial charge >= 0.3 is 283 Å². The second-order valence-electron chi connectivity index (χ2n) is 35.9. The Bertz CT molecular complexity index is 7450. The fraction of sp³-hybridized carbons (Fsp3) is 0.172. The van der Waals surface area contributed by atoms with Crippen LogP contribution in [0.15, 0.2) is 355 Å². The standard InChI is InChI=1S/C22H24N3.C19H19N4.C19H18N3O.C19H18N3S.C19H18N3Se.C18H15N2SSe/c1-15-11-12-17-20(19(15)16-9-6-7-14-24(16)4)22(2,3)21-18(25(17)5)10-8-13-23-21;1-21-13-5-4-9-15(21)14-8-6-10-16-18(14)23(3)19-17(22(16)2)11-7-12-20-19;3*1-13-9-10-15-18(17(13)14-7-4-5-12-21(14)2)23-19-16(22(15)3)8-6-11-20-19;1-12-8-9-14-17(16(12)13-6-3-4-11-20(13)2)22-18-15(21-14)7-5-10-19-18/h6-14H,1-5H3;4-13H,1-3H3;3*4-12H,1-3H3;3-11H,1-2H3/q6*+1. The molecule has 23 heteroatoms. The Morgan fingerprint density at radius 3 is 1.32 bits per heavy atom. The molecule has 0 amide bonds. The van der Waals surface area contributed by atoms with Gasteiger partial charge in [0, 0.05) is 125 Å². The molecule has 690 valence electrons. The van der Waals surface area contributed by atoms with Crippen molar-refractivity contribution in [2.45, 2.75) is 73.6 Å². The molecule has 0 atom stereocenters. The number of fused-ring (bicyclic) bond motifs is 12. The van der Waals surface area contributed by atoms with E-state index in [-0.39, 0.29) is 35.3 Å². The predicted octanol–water partition coefficient (Wildman–Crippen LogP) is 19.2. The first-order valence-electron chi connectivity index (χ1n) is 46.4. The number of nitrogens with zero attached hydrogens (tertiary/aromatic N) is 18. The number of para-hydroxylation sites is 1. The van der Waals surface area contributed by atoms with Gasteiger partial charge in [-0.2, -0.15) is 0 Å². The van der Waals surface area contributed by atoms with Crippen LogP contribution in [0.4, 0.5) is 68.4 Å². The fourth-order valence-electron chi connectivity index (χ4n) is 19.4. The van der Waals surface area contributed by atoms with Gasteiger partial charge in [0.15, 0.2) is 36.4 Å². The number of pyridine rings is 12. The predicted molar refractivity (Wildman–Crippen MR) is 566 cm³/mol. The summed E-state index contributed by atoms with van der Waals surface area (Å²) in [5.74, 6) is 2.49. The molecule has 0 fully saturated rings. The van der Waals surface area contributed by atoms with Gasteiger partial charge in [0.05, 0.1) is 72.7 Å². The summed E-state index contributed by atoms with van der Waals surface area (Å²) in [6.07, 6.45) is 23.7. The van der Waals surface area contributed by atoms with Crippen molar-refractivity contribution < 1.29 is 32.1 Å². The van der Waals surface area contributed by atoms with Crippen molar-refractivity contribution in [2.24, 2.45) is 42.3 Å². The van der Waals surface area contributed by atoms with Crippen molar-refractivity contribution in [3.05, 3.63) is 374 Å². The molecule has 6 aliphatic heterocycles. The SMILES string of the molecule is CN1c2cccnc2N(C)c2c(-c3cccc[n+]3C)cccc21.Cc1ccc2c(c1-c1cccc[n+]1C)C(C)(C)c1ncccc1N2C.Cc1ccc2c(c1-c1cccc[n+]1C)Oc1ncccc1N2C.Cc1ccc2c(c1-c1cccc[n+]1C)Sc1ncccc1N2C.Cc1ccc2c(c1-c1cccc[n+]1C)[Se]c1ncccc1N2C.Cc1ccc2c(c1-c1cccc[n+]1C)[Se]c1ncccc1S2. The van der Waals surface area contributed by atoms with Gasteiger partial charge in [0.25, 0.3) is 0 Å². The van der Waals surface area contributed by atoms with E-state index in [1.54, 1.807) is 18.0 Å². The van der Waals surface area contributed by atoms with Crippen molar-refractivity contribution in [3.63, 3.8) is 0 Å². The fourth-order valence-corrected chi connectivity index (χ4v) is 27.3. The molecule has 6 aliphatic rings. The van der Waals surface area contributed by atoms with Gasteiger partial charge in [0.1, 0.15) is 38.9 Å². The van der Waals surface area contributed by atoms with E-state index in [4.69, 9.17) is 9.72 Å². The maximum absolute atomic E-state index is 6.20. The third-order valence-corrected chi connectivity index (χ3v) is 34.3. The van der Waals surface area contributed by atoms with E-state index < -0.39 is 0 Å². The Hall–Kier alpha value is -14.5. The summed E-state index contributed by atoms with van der Waals surface area (Å²) < 4.78 is 24.6. The molecule has 24 rings (SSSR count). The summed E-state index contributed by atoms with van der Waals surface area (Å²) in [6.45, 7) is 15.5. The van der Waals surface area contributed by atoms with Gasteiger partial charge in [-0.25, -0.2) is 33.2 Å². The van der Waals surface area contributed by atoms with E-state index in [0.29, 0.717) is 5.88 Å². The molecular weight excluding hydrogens is 1880 g/mol. The molecule has 0 unspecified atom stereocenters. The number of aryl methyl sites for hydroxylation is 11. The molecule has 0 aliphatic carbocycles. The van der Waals surface area contributed by atoms with E-state index in [1.165, 1.54) is 162 Å². The third-order valence-electron chi connectivity index (χ3n) is 26.7. The summed E-state index contributed by atoms with van der Waals surface area (Å²) in [6, 6.07) is 91.2. The van der Waals surface area contributed by atoms with Crippen LogP contribution in [0.25, 0.3) is 67.5 Å². The summed E-state index contributed by atoms with van der Waals surface area (Å²) in [5, 5.41) is 1.06. The first-order valence-corrected chi connectivity index (χ1v) is 51.4. The average Bonchev–Trinajstić information content (AvgIpc) is 0.711. The van der Waals surface area contributed by atoms with E-state index >= 15 is 0 Å². The van der Waals surface area contributed by atoms with Gasteiger partial charge in [-0.1, -0.05) is 36.0 Å². The van der Waals surface area contributed by atoms with Crippen LogP contribution in [-0.2, 0) is 47.7 Å². The van der Waals surface area contributed by atoms with Gasteiger partial charge < -0.3 is 29.2 Å². The van der Waals surface area contributed by atoms with E-state index in [2.05, 4.69) is 432 Å². The number of hydrogen-bond donors (Lipinski definition) is 0. The quantitative estimate of drug-likeness (QED) is 0.116. The zero-order valence-electron chi connectivity index (χ0n) is 81.8. The number of anilines is 12. The van der Waals surface area contributed by atoms with Gasteiger partial charge in [-0.15, -0.1) is 0 Å². The maximum atomic E-state index is 6.20. The first-order chi connectivity index (χ1) is 67.3. The topological polar surface area (TPSA) is 129 Å². The molecule has 0 bridgehead atoms. The van der Waals surface area contributed by atoms with E-state index in [1.807, 2.05) is 124 Å². The van der Waals surface area contributed by atoms with Crippen molar-refractivity contribution in [2.75, 3.05) is 71.7 Å². The molecule has 0 radical (unpaired) electrons. The van der Waals surface area contributed by atoms with Crippen LogP contribution >= 0.6 is 23.5 Å². The number of aromatic nitrogens is 12. The normalized spacial score (nSPS) is 13.1. The molecule has 12 aromatic heterocycles. The summed E-state index contributed by atoms with van der Waals surface area (Å²) >= 11 is 4.08. The summed E-state index contributed by atoms with van der Waals surface area (Å²) in [5.41, 5.74) is 36.6. The summed E-state index contributed by atoms with van der Waals surface area (Å²) in [4.78, 5) is 44.8. The first kappa shape index (κ1) is 93.5. The summed E-state index contributed by atoms with van der Waals surface area (Å²) in [7, 11) is 25.2. The van der Waals surface area contributed by atoms with E-state index in [9.17, 15) is 0 Å². The van der Waals surface area contributed by atoms with Crippen molar-refractivity contribution >= 4 is 140 Å². The number of ether oxygens (including phenoxy) is 1. The molecular formula is C116H112N18OS2Se2+6. The number of hydrogen-bond acceptors (Lipinski definition) is 15. The molecule has 0 N–H and O–H groups in total. The van der Waals surface area contributed by atoms with Crippen LogP contribution in [0, 0.1) is 34.6 Å². The zero-order chi connectivity index (χ0) is 96.8. The average molecular weight is 2000 g/mol. The van der Waals surface area contributed by atoms with Crippen LogP contribution in [0.2, 0.25) is 0 Å². The van der Waals surface area contributed by atoms with Crippen molar-refractivity contribution in [1.82, 2.24) is 29.9 Å². The Labute approximate surface area is 836 Å². The Balaban J connectivity index is 0.000000106. The van der Waals surface area contributed by atoms with Crippen molar-refractivity contribution in [1.29, 1.82) is 0 Å². The minimum atomic E-state index is -0.164. The molecule has 18 aromatic rings. The molecule has 18 heterocycles. The van der Waals surface area contributed by atoms with Crippen LogP contribution in [0.5, 0.6) is 11.6 Å².